The molecule has 1 aromatic heterocycles. The van der Waals surface area contributed by atoms with Crippen molar-refractivity contribution < 1.29 is 18.0 Å². The average Bonchev–Trinajstić information content (AvgIpc) is 3.10. The lowest BCUT2D eigenvalue weighted by Gasteiger charge is -2.31. The van der Waals surface area contributed by atoms with E-state index < -0.39 is 10.0 Å². The Labute approximate surface area is 168 Å². The highest BCUT2D eigenvalue weighted by Crippen LogP contribution is 2.24. The summed E-state index contributed by atoms with van der Waals surface area (Å²) in [6, 6.07) is 10.1. The van der Waals surface area contributed by atoms with Gasteiger partial charge in [0.1, 0.15) is 0 Å². The van der Waals surface area contributed by atoms with Crippen molar-refractivity contribution in [1.82, 2.24) is 9.62 Å². The van der Waals surface area contributed by atoms with E-state index in [-0.39, 0.29) is 17.9 Å². The van der Waals surface area contributed by atoms with Crippen LogP contribution in [-0.4, -0.2) is 43.7 Å². The van der Waals surface area contributed by atoms with E-state index in [0.717, 1.165) is 5.56 Å². The normalized spacial score (nSPS) is 15.9. The Hall–Kier alpha value is -2.23. The fourth-order valence-corrected chi connectivity index (χ4v) is 5.38. The molecule has 28 heavy (non-hydrogen) atoms. The van der Waals surface area contributed by atoms with Crippen LogP contribution >= 0.6 is 11.3 Å². The lowest BCUT2D eigenvalue weighted by Crippen LogP contribution is -2.46. The summed E-state index contributed by atoms with van der Waals surface area (Å²) in [6.07, 6.45) is 1.11. The molecule has 0 radical (unpaired) electrons. The predicted molar refractivity (Wildman–Crippen MR) is 109 cm³/mol. The summed E-state index contributed by atoms with van der Waals surface area (Å²) in [7, 11) is -3.51. The van der Waals surface area contributed by atoms with Gasteiger partial charge in [-0.15, -0.1) is 11.3 Å². The van der Waals surface area contributed by atoms with Crippen LogP contribution in [0.1, 0.15) is 35.0 Å². The maximum absolute atomic E-state index is 12.7. The lowest BCUT2D eigenvalue weighted by atomic mass is 10.1. The molecule has 2 N–H and O–H groups in total. The molecule has 0 unspecified atom stereocenters. The molecule has 1 aromatic carbocycles. The van der Waals surface area contributed by atoms with Crippen LogP contribution in [0.3, 0.4) is 0 Å². The molecular weight excluding hydrogens is 398 g/mol. The molecule has 0 spiro atoms. The number of hydrogen-bond donors (Lipinski definition) is 2. The van der Waals surface area contributed by atoms with Crippen LogP contribution in [0, 0.1) is 6.92 Å². The zero-order chi connectivity index (χ0) is 20.3. The van der Waals surface area contributed by atoms with Crippen molar-refractivity contribution in [2.45, 2.75) is 37.6 Å². The second kappa shape index (κ2) is 8.42. The van der Waals surface area contributed by atoms with Gasteiger partial charge in [-0.1, -0.05) is 17.7 Å². The minimum Gasteiger partial charge on any atom is -0.349 e. The van der Waals surface area contributed by atoms with Crippen molar-refractivity contribution in [3.8, 4) is 0 Å². The van der Waals surface area contributed by atoms with Crippen molar-refractivity contribution in [2.24, 2.45) is 0 Å². The van der Waals surface area contributed by atoms with Crippen LogP contribution in [0.4, 0.5) is 5.00 Å². The summed E-state index contributed by atoms with van der Waals surface area (Å²) in [5.74, 6) is -0.391. The van der Waals surface area contributed by atoms with Gasteiger partial charge in [0.2, 0.25) is 15.9 Å². The predicted octanol–water partition coefficient (Wildman–Crippen LogP) is 2.60. The molecule has 2 amide bonds. The summed E-state index contributed by atoms with van der Waals surface area (Å²) in [5, 5.41) is 6.23. The highest BCUT2D eigenvalue weighted by molar-refractivity contribution is 7.89. The Morgan fingerprint density at radius 1 is 1.07 bits per heavy atom. The standard InChI is InChI=1S/C19H23N3O4S2/c1-13-3-5-16(6-4-13)28(25,26)22-11-9-15(10-12-22)21-19(24)17-7-8-18(27-17)20-14(2)23/h3-8,15H,9-12H2,1-2H3,(H,20,23)(H,21,24). The van der Waals surface area contributed by atoms with Crippen molar-refractivity contribution in [3.05, 3.63) is 46.8 Å². The Kier molecular flexibility index (Phi) is 6.17. The Balaban J connectivity index is 1.56. The first-order valence-corrected chi connectivity index (χ1v) is 11.3. The maximum Gasteiger partial charge on any atom is 0.261 e. The largest absolute Gasteiger partial charge is 0.349 e. The molecule has 150 valence electrons. The number of sulfonamides is 1. The lowest BCUT2D eigenvalue weighted by molar-refractivity contribution is -0.114. The third-order valence-corrected chi connectivity index (χ3v) is 7.49. The number of benzene rings is 1. The smallest absolute Gasteiger partial charge is 0.261 e. The van der Waals surface area contributed by atoms with Gasteiger partial charge in [-0.25, -0.2) is 8.42 Å². The fourth-order valence-electron chi connectivity index (χ4n) is 3.06. The van der Waals surface area contributed by atoms with Gasteiger partial charge in [0.15, 0.2) is 0 Å². The number of aryl methyl sites for hydroxylation is 1. The Bertz CT molecular complexity index is 959. The van der Waals surface area contributed by atoms with Crippen LogP contribution in [0.2, 0.25) is 0 Å². The summed E-state index contributed by atoms with van der Waals surface area (Å²) in [6.45, 7) is 4.06. The van der Waals surface area contributed by atoms with Gasteiger partial charge < -0.3 is 10.6 Å². The molecule has 1 saturated heterocycles. The molecule has 9 heteroatoms. The summed E-state index contributed by atoms with van der Waals surface area (Å²) >= 11 is 1.21. The molecule has 3 rings (SSSR count). The summed E-state index contributed by atoms with van der Waals surface area (Å²) < 4.78 is 27.0. The summed E-state index contributed by atoms with van der Waals surface area (Å²) in [5.41, 5.74) is 1.01. The van der Waals surface area contributed by atoms with Crippen LogP contribution in [-0.2, 0) is 14.8 Å². The van der Waals surface area contributed by atoms with Gasteiger partial charge in [-0.05, 0) is 44.0 Å². The molecular formula is C19H23N3O4S2. The Morgan fingerprint density at radius 3 is 2.32 bits per heavy atom. The van der Waals surface area contributed by atoms with E-state index in [1.165, 1.54) is 22.6 Å². The minimum absolute atomic E-state index is 0.0803. The third kappa shape index (κ3) is 4.78. The number of nitrogens with zero attached hydrogens (tertiary/aromatic N) is 1. The van der Waals surface area contributed by atoms with E-state index in [0.29, 0.717) is 40.7 Å². The van der Waals surface area contributed by atoms with Gasteiger partial charge in [-0.3, -0.25) is 9.59 Å². The monoisotopic (exact) mass is 421 g/mol. The van der Waals surface area contributed by atoms with E-state index in [2.05, 4.69) is 10.6 Å². The Morgan fingerprint density at radius 2 is 1.71 bits per heavy atom. The number of rotatable bonds is 5. The van der Waals surface area contributed by atoms with Gasteiger partial charge >= 0.3 is 0 Å². The molecule has 0 aliphatic carbocycles. The van der Waals surface area contributed by atoms with Crippen LogP contribution in [0.5, 0.6) is 0 Å². The number of piperidine rings is 1. The molecule has 0 atom stereocenters. The molecule has 2 aromatic rings. The molecule has 0 bridgehead atoms. The number of hydrogen-bond acceptors (Lipinski definition) is 5. The highest BCUT2D eigenvalue weighted by atomic mass is 32.2. The van der Waals surface area contributed by atoms with E-state index in [1.54, 1.807) is 36.4 Å². The quantitative estimate of drug-likeness (QED) is 0.776. The number of carbonyl (C=O) groups excluding carboxylic acids is 2. The first-order chi connectivity index (χ1) is 13.3. The SMILES string of the molecule is CC(=O)Nc1ccc(C(=O)NC2CCN(S(=O)(=O)c3ccc(C)cc3)CC2)s1. The molecule has 7 nitrogen and oxygen atoms in total. The van der Waals surface area contributed by atoms with E-state index in [1.807, 2.05) is 6.92 Å². The molecule has 1 aliphatic heterocycles. The molecule has 0 saturated carbocycles. The summed E-state index contributed by atoms with van der Waals surface area (Å²) in [4.78, 5) is 24.3. The van der Waals surface area contributed by atoms with Crippen molar-refractivity contribution in [1.29, 1.82) is 0 Å². The first kappa shape index (κ1) is 20.5. The van der Waals surface area contributed by atoms with Gasteiger partial charge in [0.05, 0.1) is 14.8 Å². The third-order valence-electron chi connectivity index (χ3n) is 4.58. The topological polar surface area (TPSA) is 95.6 Å². The average molecular weight is 422 g/mol. The van der Waals surface area contributed by atoms with E-state index in [9.17, 15) is 18.0 Å². The van der Waals surface area contributed by atoms with Gasteiger partial charge in [0.25, 0.3) is 5.91 Å². The van der Waals surface area contributed by atoms with Crippen LogP contribution in [0.15, 0.2) is 41.3 Å². The molecule has 1 fully saturated rings. The number of nitrogens with one attached hydrogen (secondary N) is 2. The number of amides is 2. The van der Waals surface area contributed by atoms with Crippen molar-refractivity contribution in [2.75, 3.05) is 18.4 Å². The second-order valence-electron chi connectivity index (χ2n) is 6.81. The second-order valence-corrected chi connectivity index (χ2v) is 9.83. The van der Waals surface area contributed by atoms with Crippen LogP contribution < -0.4 is 10.6 Å². The van der Waals surface area contributed by atoms with E-state index in [4.69, 9.17) is 0 Å². The number of carbonyl (C=O) groups is 2. The zero-order valence-corrected chi connectivity index (χ0v) is 17.4. The minimum atomic E-state index is -3.51. The van der Waals surface area contributed by atoms with Crippen molar-refractivity contribution in [3.63, 3.8) is 0 Å². The van der Waals surface area contributed by atoms with Crippen LogP contribution in [0.25, 0.3) is 0 Å². The van der Waals surface area contributed by atoms with Crippen molar-refractivity contribution >= 4 is 38.2 Å². The molecule has 2 heterocycles. The first-order valence-electron chi connectivity index (χ1n) is 9.01. The highest BCUT2D eigenvalue weighted by Gasteiger charge is 2.30. The fraction of sp³-hybridized carbons (Fsp3) is 0.368. The van der Waals surface area contributed by atoms with E-state index >= 15 is 0 Å². The van der Waals surface area contributed by atoms with Gasteiger partial charge in [0, 0.05) is 26.1 Å². The molecule has 1 aliphatic rings. The maximum atomic E-state index is 12.7. The number of thiophene rings is 1. The number of anilines is 1. The van der Waals surface area contributed by atoms with Gasteiger partial charge in [-0.2, -0.15) is 4.31 Å². The zero-order valence-electron chi connectivity index (χ0n) is 15.8.